The van der Waals surface area contributed by atoms with Gasteiger partial charge in [-0.1, -0.05) is 39.7 Å². The molecular weight excluding hydrogens is 506 g/mol. The molecule has 2 aromatic rings. The number of Topliss-reactive ketones (excluding diaryl/α,β-unsaturated/α-hetero) is 1. The standard InChI is InChI=1S/C24H20BrN3O6/c1-14-2-11-19-20(12-14)24(32)27(23(19)31)26(13-21(29)15-3-7-17(25)8-4-15)22(30)16-5-9-18(10-6-16)28(33)34/h2-10,19-20H,11-13H2,1H3/t19-,20+/m0/s1. The minimum atomic E-state index is -0.773. The Kier molecular flexibility index (Phi) is 6.43. The lowest BCUT2D eigenvalue weighted by Crippen LogP contribution is -2.52. The quantitative estimate of drug-likeness (QED) is 0.185. The third-order valence-electron chi connectivity index (χ3n) is 6.06. The molecule has 0 aromatic heterocycles. The summed E-state index contributed by atoms with van der Waals surface area (Å²) in [5.74, 6) is -3.48. The van der Waals surface area contributed by atoms with Crippen molar-refractivity contribution in [3.8, 4) is 0 Å². The van der Waals surface area contributed by atoms with Gasteiger partial charge in [0.15, 0.2) is 5.78 Å². The van der Waals surface area contributed by atoms with Gasteiger partial charge in [-0.15, -0.1) is 0 Å². The smallest absolute Gasteiger partial charge is 0.273 e. The van der Waals surface area contributed by atoms with Crippen molar-refractivity contribution in [2.45, 2.75) is 19.8 Å². The molecule has 0 unspecified atom stereocenters. The molecule has 1 fully saturated rings. The zero-order valence-corrected chi connectivity index (χ0v) is 19.7. The Bertz CT molecular complexity index is 1220. The molecule has 0 saturated carbocycles. The number of carbonyl (C=O) groups is 4. The van der Waals surface area contributed by atoms with Gasteiger partial charge >= 0.3 is 0 Å². The first-order valence-electron chi connectivity index (χ1n) is 10.6. The Morgan fingerprint density at radius 3 is 2.24 bits per heavy atom. The molecule has 0 radical (unpaired) electrons. The van der Waals surface area contributed by atoms with Crippen molar-refractivity contribution in [1.82, 2.24) is 10.0 Å². The average molecular weight is 526 g/mol. The van der Waals surface area contributed by atoms with Crippen LogP contribution in [0.1, 0.15) is 40.5 Å². The van der Waals surface area contributed by atoms with Crippen molar-refractivity contribution >= 4 is 45.1 Å². The topological polar surface area (TPSA) is 118 Å². The Hall–Kier alpha value is -3.66. The zero-order chi connectivity index (χ0) is 24.6. The second kappa shape index (κ2) is 9.30. The third-order valence-corrected chi connectivity index (χ3v) is 6.59. The van der Waals surface area contributed by atoms with Crippen LogP contribution >= 0.6 is 15.9 Å². The van der Waals surface area contributed by atoms with Crippen molar-refractivity contribution in [2.24, 2.45) is 11.8 Å². The second-order valence-electron chi connectivity index (χ2n) is 8.29. The molecule has 0 bridgehead atoms. The number of amides is 3. The van der Waals surface area contributed by atoms with Crippen LogP contribution in [0.25, 0.3) is 0 Å². The summed E-state index contributed by atoms with van der Waals surface area (Å²) in [6.07, 6.45) is 2.70. The van der Waals surface area contributed by atoms with Crippen LogP contribution in [0.15, 0.2) is 64.7 Å². The number of rotatable bonds is 6. The molecule has 2 aromatic carbocycles. The van der Waals surface area contributed by atoms with Gasteiger partial charge in [-0.3, -0.25) is 29.3 Å². The van der Waals surface area contributed by atoms with E-state index in [9.17, 15) is 29.3 Å². The molecule has 34 heavy (non-hydrogen) atoms. The van der Waals surface area contributed by atoms with Crippen LogP contribution in [0.2, 0.25) is 0 Å². The average Bonchev–Trinajstić information content (AvgIpc) is 3.06. The van der Waals surface area contributed by atoms with Crippen LogP contribution in [0.4, 0.5) is 5.69 Å². The number of hydrogen-bond donors (Lipinski definition) is 0. The molecule has 0 spiro atoms. The number of nitro groups is 1. The number of carbonyl (C=O) groups excluding carboxylic acids is 4. The maximum Gasteiger partial charge on any atom is 0.273 e. The summed E-state index contributed by atoms with van der Waals surface area (Å²) in [5, 5.41) is 12.6. The molecule has 2 aliphatic rings. The van der Waals surface area contributed by atoms with Crippen LogP contribution in [0.5, 0.6) is 0 Å². The molecule has 4 rings (SSSR count). The van der Waals surface area contributed by atoms with E-state index in [1.165, 1.54) is 12.1 Å². The van der Waals surface area contributed by atoms with E-state index in [1.54, 1.807) is 24.3 Å². The van der Waals surface area contributed by atoms with Gasteiger partial charge in [0.25, 0.3) is 23.4 Å². The van der Waals surface area contributed by atoms with Gasteiger partial charge in [0, 0.05) is 27.7 Å². The van der Waals surface area contributed by atoms with Crippen molar-refractivity contribution in [2.75, 3.05) is 6.54 Å². The van der Waals surface area contributed by atoms with E-state index in [-0.39, 0.29) is 11.3 Å². The number of imide groups is 1. The van der Waals surface area contributed by atoms with Gasteiger partial charge in [-0.2, -0.15) is 5.01 Å². The van der Waals surface area contributed by atoms with Crippen LogP contribution in [0.3, 0.4) is 0 Å². The highest BCUT2D eigenvalue weighted by Gasteiger charge is 2.51. The molecule has 2 atom stereocenters. The summed E-state index contributed by atoms with van der Waals surface area (Å²) in [6.45, 7) is 1.34. The number of hydrogen-bond acceptors (Lipinski definition) is 6. The summed E-state index contributed by atoms with van der Waals surface area (Å²) < 4.78 is 0.764. The van der Waals surface area contributed by atoms with Gasteiger partial charge in [0.1, 0.15) is 6.54 Å². The highest BCUT2D eigenvalue weighted by atomic mass is 79.9. The van der Waals surface area contributed by atoms with Gasteiger partial charge in [-0.05, 0) is 44.0 Å². The van der Waals surface area contributed by atoms with Crippen LogP contribution in [-0.2, 0) is 9.59 Å². The maximum absolute atomic E-state index is 13.4. The summed E-state index contributed by atoms with van der Waals surface area (Å²) in [7, 11) is 0. The number of ketones is 1. The monoisotopic (exact) mass is 525 g/mol. The van der Waals surface area contributed by atoms with E-state index in [0.29, 0.717) is 18.4 Å². The first-order chi connectivity index (χ1) is 16.2. The SMILES string of the molecule is CC1=CC[C@@H]2C(=O)N(N(CC(=O)c3ccc(Br)cc3)C(=O)c3ccc([N+](=O)[O-])cc3)C(=O)[C@@H]2C1. The Balaban J connectivity index is 1.69. The van der Waals surface area contributed by atoms with E-state index >= 15 is 0 Å². The molecule has 1 heterocycles. The number of allylic oxidation sites excluding steroid dienone is 2. The molecule has 174 valence electrons. The third kappa shape index (κ3) is 4.41. The number of hydrazine groups is 1. The lowest BCUT2D eigenvalue weighted by Gasteiger charge is -2.30. The highest BCUT2D eigenvalue weighted by molar-refractivity contribution is 9.10. The fourth-order valence-electron chi connectivity index (χ4n) is 4.23. The second-order valence-corrected chi connectivity index (χ2v) is 9.20. The molecule has 1 aliphatic heterocycles. The van der Waals surface area contributed by atoms with Crippen LogP contribution < -0.4 is 0 Å². The van der Waals surface area contributed by atoms with E-state index < -0.39 is 46.8 Å². The lowest BCUT2D eigenvalue weighted by atomic mass is 9.82. The number of nitrogens with zero attached hydrogens (tertiary/aromatic N) is 3. The minimum Gasteiger partial charge on any atom is -0.292 e. The Morgan fingerprint density at radius 1 is 1.03 bits per heavy atom. The lowest BCUT2D eigenvalue weighted by molar-refractivity contribution is -0.384. The molecule has 10 heteroatoms. The van der Waals surface area contributed by atoms with Gasteiger partial charge in [0.2, 0.25) is 0 Å². The van der Waals surface area contributed by atoms with E-state index in [0.717, 1.165) is 32.2 Å². The predicted molar refractivity (Wildman–Crippen MR) is 124 cm³/mol. The molecule has 3 amide bonds. The molecular formula is C24H20BrN3O6. The van der Waals surface area contributed by atoms with Crippen molar-refractivity contribution in [1.29, 1.82) is 0 Å². The summed E-state index contributed by atoms with van der Waals surface area (Å²) >= 11 is 3.30. The van der Waals surface area contributed by atoms with E-state index in [1.807, 2.05) is 13.0 Å². The fraction of sp³-hybridized carbons (Fsp3) is 0.250. The molecule has 9 nitrogen and oxygen atoms in total. The summed E-state index contributed by atoms with van der Waals surface area (Å²) in [5.41, 5.74) is 1.09. The van der Waals surface area contributed by atoms with Crippen molar-refractivity contribution < 1.29 is 24.1 Å². The van der Waals surface area contributed by atoms with Crippen LogP contribution in [0, 0.1) is 22.0 Å². The molecule has 1 saturated heterocycles. The Labute approximate surface area is 203 Å². The summed E-state index contributed by atoms with van der Waals surface area (Å²) in [4.78, 5) is 63.3. The minimum absolute atomic E-state index is 0.0129. The first-order valence-corrected chi connectivity index (χ1v) is 11.3. The number of benzene rings is 2. The normalized spacial score (nSPS) is 19.5. The zero-order valence-electron chi connectivity index (χ0n) is 18.1. The largest absolute Gasteiger partial charge is 0.292 e. The molecule has 1 aliphatic carbocycles. The van der Waals surface area contributed by atoms with E-state index in [4.69, 9.17) is 0 Å². The van der Waals surface area contributed by atoms with Crippen LogP contribution in [-0.4, -0.2) is 45.0 Å². The molecule has 0 N–H and O–H groups in total. The highest BCUT2D eigenvalue weighted by Crippen LogP contribution is 2.38. The number of nitro benzene ring substituents is 1. The van der Waals surface area contributed by atoms with Gasteiger partial charge in [-0.25, -0.2) is 5.01 Å². The first kappa shape index (κ1) is 23.5. The van der Waals surface area contributed by atoms with Gasteiger partial charge < -0.3 is 0 Å². The number of non-ortho nitro benzene ring substituents is 1. The Morgan fingerprint density at radius 2 is 1.62 bits per heavy atom. The summed E-state index contributed by atoms with van der Waals surface area (Å²) in [6, 6.07) is 11.3. The number of halogens is 1. The predicted octanol–water partition coefficient (Wildman–Crippen LogP) is 3.94. The van der Waals surface area contributed by atoms with E-state index in [2.05, 4.69) is 15.9 Å². The van der Waals surface area contributed by atoms with Gasteiger partial charge in [0.05, 0.1) is 16.8 Å². The van der Waals surface area contributed by atoms with Crippen molar-refractivity contribution in [3.05, 3.63) is 85.9 Å². The fourth-order valence-corrected chi connectivity index (χ4v) is 4.49. The number of fused-ring (bicyclic) bond motifs is 1. The van der Waals surface area contributed by atoms with Crippen molar-refractivity contribution in [3.63, 3.8) is 0 Å². The maximum atomic E-state index is 13.4.